The van der Waals surface area contributed by atoms with E-state index in [9.17, 15) is 9.50 Å². The Bertz CT molecular complexity index is 2120. The van der Waals surface area contributed by atoms with Gasteiger partial charge in [-0.15, -0.1) is 5.10 Å². The van der Waals surface area contributed by atoms with E-state index < -0.39 is 11.6 Å². The van der Waals surface area contributed by atoms with Crippen molar-refractivity contribution in [1.29, 1.82) is 0 Å². The number of pyridine rings is 1. The normalized spacial score (nSPS) is 24.7. The van der Waals surface area contributed by atoms with Crippen LogP contribution in [0.1, 0.15) is 44.6 Å². The van der Waals surface area contributed by atoms with Gasteiger partial charge in [0.2, 0.25) is 5.88 Å². The van der Waals surface area contributed by atoms with Crippen molar-refractivity contribution in [2.75, 3.05) is 37.7 Å². The van der Waals surface area contributed by atoms with Gasteiger partial charge in [-0.05, 0) is 80.1 Å². The molecule has 7 heterocycles. The summed E-state index contributed by atoms with van der Waals surface area (Å²) in [6.07, 6.45) is 8.52. The van der Waals surface area contributed by atoms with Crippen LogP contribution in [0, 0.1) is 18.6 Å². The summed E-state index contributed by atoms with van der Waals surface area (Å²) < 4.78 is 46.8. The lowest BCUT2D eigenvalue weighted by Gasteiger charge is -2.39. The molecule has 3 saturated heterocycles. The van der Waals surface area contributed by atoms with Gasteiger partial charge in [0, 0.05) is 36.9 Å². The lowest BCUT2D eigenvalue weighted by molar-refractivity contribution is 0.0787. The fraction of sp³-hybridized carbons (Fsp3) is 0.472. The van der Waals surface area contributed by atoms with Crippen LogP contribution in [0.4, 0.5) is 14.6 Å². The fourth-order valence-electron chi connectivity index (χ4n) is 8.72. The molecular formula is C36H39F2N9O3. The lowest BCUT2D eigenvalue weighted by Crippen LogP contribution is -2.58. The molecule has 4 atom stereocenters. The highest BCUT2D eigenvalue weighted by Gasteiger charge is 2.50. The van der Waals surface area contributed by atoms with Crippen LogP contribution >= 0.6 is 0 Å². The third-order valence-electron chi connectivity index (χ3n) is 11.3. The van der Waals surface area contributed by atoms with E-state index in [-0.39, 0.29) is 52.0 Å². The van der Waals surface area contributed by atoms with E-state index in [1.54, 1.807) is 19.2 Å². The molecule has 0 saturated carbocycles. The molecule has 12 nitrogen and oxygen atoms in total. The zero-order valence-corrected chi connectivity index (χ0v) is 28.1. The number of aromatic hydroxyl groups is 1. The number of fused-ring (bicyclic) bond motifs is 4. The van der Waals surface area contributed by atoms with Crippen LogP contribution in [0.2, 0.25) is 0 Å². The molecule has 0 spiro atoms. The molecule has 260 valence electrons. The van der Waals surface area contributed by atoms with Gasteiger partial charge < -0.3 is 24.8 Å². The second kappa shape index (κ2) is 12.0. The quantitative estimate of drug-likeness (QED) is 0.247. The highest BCUT2D eigenvalue weighted by atomic mass is 19.1. The first kappa shape index (κ1) is 31.3. The maximum absolute atomic E-state index is 17.1. The van der Waals surface area contributed by atoms with Gasteiger partial charge >= 0.3 is 6.01 Å². The molecular weight excluding hydrogens is 644 g/mol. The van der Waals surface area contributed by atoms with Crippen molar-refractivity contribution in [3.8, 4) is 28.9 Å². The number of piperazine rings is 1. The summed E-state index contributed by atoms with van der Waals surface area (Å²) in [7, 11) is 0. The molecule has 1 unspecified atom stereocenters. The zero-order chi connectivity index (χ0) is 34.1. The van der Waals surface area contributed by atoms with Crippen LogP contribution in [0.5, 0.6) is 17.6 Å². The number of hydrogen-bond donors (Lipinski definition) is 2. The number of anilines is 1. The molecule has 4 aliphatic heterocycles. The molecule has 2 aromatic carbocycles. The minimum absolute atomic E-state index is 0.0130. The number of halogens is 2. The van der Waals surface area contributed by atoms with E-state index in [1.165, 1.54) is 18.2 Å². The molecule has 0 radical (unpaired) electrons. The monoisotopic (exact) mass is 683 g/mol. The third kappa shape index (κ3) is 5.02. The second-order valence-electron chi connectivity index (χ2n) is 14.2. The van der Waals surface area contributed by atoms with Crippen molar-refractivity contribution in [3.63, 3.8) is 0 Å². The lowest BCUT2D eigenvalue weighted by atomic mass is 9.95. The van der Waals surface area contributed by atoms with E-state index in [1.807, 2.05) is 10.9 Å². The number of rotatable bonds is 7. The molecule has 3 aromatic heterocycles. The molecule has 50 heavy (non-hydrogen) atoms. The summed E-state index contributed by atoms with van der Waals surface area (Å²) in [5, 5.41) is 23.8. The first-order valence-corrected chi connectivity index (χ1v) is 17.5. The smallest absolute Gasteiger partial charge is 0.319 e. The minimum atomic E-state index is -0.716. The molecule has 9 rings (SSSR count). The molecule has 3 fully saturated rings. The van der Waals surface area contributed by atoms with Gasteiger partial charge in [-0.3, -0.25) is 9.58 Å². The van der Waals surface area contributed by atoms with E-state index >= 15 is 4.39 Å². The summed E-state index contributed by atoms with van der Waals surface area (Å²) in [6, 6.07) is 6.38. The van der Waals surface area contributed by atoms with Crippen molar-refractivity contribution in [2.24, 2.45) is 0 Å². The summed E-state index contributed by atoms with van der Waals surface area (Å²) in [5.74, 6) is -0.526. The Kier molecular flexibility index (Phi) is 7.50. The van der Waals surface area contributed by atoms with E-state index in [0.717, 1.165) is 45.2 Å². The third-order valence-corrected chi connectivity index (χ3v) is 11.3. The highest BCUT2D eigenvalue weighted by molar-refractivity contribution is 6.03. The van der Waals surface area contributed by atoms with Crippen LogP contribution in [-0.4, -0.2) is 96.5 Å². The molecule has 5 aromatic rings. The Labute approximate surface area is 287 Å². The first-order valence-electron chi connectivity index (χ1n) is 17.5. The van der Waals surface area contributed by atoms with Crippen LogP contribution in [0.15, 0.2) is 36.7 Å². The van der Waals surface area contributed by atoms with Crippen molar-refractivity contribution >= 4 is 27.5 Å². The Morgan fingerprint density at radius 1 is 1.14 bits per heavy atom. The van der Waals surface area contributed by atoms with Gasteiger partial charge in [0.1, 0.15) is 47.2 Å². The van der Waals surface area contributed by atoms with Gasteiger partial charge in [-0.25, -0.2) is 13.8 Å². The van der Waals surface area contributed by atoms with Gasteiger partial charge in [0.25, 0.3) is 0 Å². The van der Waals surface area contributed by atoms with Crippen LogP contribution in [0.3, 0.4) is 0 Å². The van der Waals surface area contributed by atoms with E-state index in [4.69, 9.17) is 24.4 Å². The summed E-state index contributed by atoms with van der Waals surface area (Å²) in [6.45, 7) is 7.46. The van der Waals surface area contributed by atoms with Gasteiger partial charge in [0.15, 0.2) is 5.82 Å². The van der Waals surface area contributed by atoms with Crippen LogP contribution in [0.25, 0.3) is 32.9 Å². The number of phenolic OH excluding ortho intramolecular Hbond substituents is 1. The number of hydrogen-bond acceptors (Lipinski definition) is 11. The van der Waals surface area contributed by atoms with Crippen LogP contribution < -0.4 is 19.7 Å². The van der Waals surface area contributed by atoms with Crippen molar-refractivity contribution in [2.45, 2.75) is 76.2 Å². The average molecular weight is 684 g/mol. The fourth-order valence-corrected chi connectivity index (χ4v) is 8.72. The Morgan fingerprint density at radius 3 is 2.88 bits per heavy atom. The number of nitrogens with zero attached hydrogens (tertiary/aromatic N) is 8. The molecule has 0 aliphatic carbocycles. The number of aryl methyl sites for hydroxylation is 1. The summed E-state index contributed by atoms with van der Waals surface area (Å²) >= 11 is 0. The number of aromatic nitrogens is 6. The Hall–Kier alpha value is -4.69. The summed E-state index contributed by atoms with van der Waals surface area (Å²) in [5.41, 5.74) is 0.318. The molecule has 14 heteroatoms. The first-order chi connectivity index (χ1) is 24.3. The van der Waals surface area contributed by atoms with Crippen molar-refractivity contribution < 1.29 is 23.4 Å². The molecule has 4 aliphatic rings. The van der Waals surface area contributed by atoms with Crippen molar-refractivity contribution in [1.82, 2.24) is 40.2 Å². The van der Waals surface area contributed by atoms with Gasteiger partial charge in [0.05, 0.1) is 24.3 Å². The molecule has 0 amide bonds. The van der Waals surface area contributed by atoms with E-state index in [0.29, 0.717) is 59.9 Å². The number of nitrogens with one attached hydrogen (secondary N) is 1. The number of phenols is 1. The number of benzene rings is 2. The Morgan fingerprint density at radius 2 is 2.04 bits per heavy atom. The maximum Gasteiger partial charge on any atom is 0.319 e. The highest BCUT2D eigenvalue weighted by Crippen LogP contribution is 2.45. The predicted octanol–water partition coefficient (Wildman–Crippen LogP) is 4.75. The molecule has 2 N–H and O–H groups in total. The van der Waals surface area contributed by atoms with Crippen LogP contribution in [-0.2, 0) is 6.54 Å². The zero-order valence-electron chi connectivity index (χ0n) is 28.1. The second-order valence-corrected chi connectivity index (χ2v) is 14.2. The van der Waals surface area contributed by atoms with Crippen molar-refractivity contribution in [3.05, 3.63) is 53.9 Å². The minimum Gasteiger partial charge on any atom is -0.508 e. The average Bonchev–Trinajstić information content (AvgIpc) is 3.85. The van der Waals surface area contributed by atoms with Gasteiger partial charge in [-0.2, -0.15) is 9.97 Å². The predicted molar refractivity (Wildman–Crippen MR) is 183 cm³/mol. The SMILES string of the molecule is CC[C@@H]1CN2c3nc(OCC45CCCN4[C@H](Cn4ccnn4)CC5)nc4c(F)c(-c5cc(O)cc6ccc(F)c(C)c56)nc(c34)OC[C@@H]2CN1. The van der Waals surface area contributed by atoms with E-state index in [2.05, 4.69) is 32.4 Å². The molecule has 0 bridgehead atoms. The topological polar surface area (TPSA) is 127 Å². The number of ether oxygens (including phenoxy) is 2. The Balaban J connectivity index is 1.16. The standard InChI is InChI=1S/C36H39F2N9O3/c1-3-22-16-46-24(15-39-22)18-49-34-29-32(30(38)31(41-34)26-14-25(48)13-21-5-6-27(37)20(2)28(21)26)42-35(43-33(29)46)50-19-36-8-4-11-47(36)23(7-9-36)17-45-12-10-40-44-45/h5-6,10,12-14,22-24,39,48H,3-4,7-9,11,15-19H2,1-2H3/t22-,23+,24+,36?/m1/s1. The maximum atomic E-state index is 17.1. The van der Waals surface area contributed by atoms with Gasteiger partial charge in [-0.1, -0.05) is 18.2 Å². The largest absolute Gasteiger partial charge is 0.508 e. The summed E-state index contributed by atoms with van der Waals surface area (Å²) in [4.78, 5) is 19.1.